The number of carboxylic acid groups (broad SMARTS) is 1. The molecule has 3 N–H and O–H groups in total. The van der Waals surface area contributed by atoms with E-state index in [0.717, 1.165) is 39.3 Å². The van der Waals surface area contributed by atoms with Gasteiger partial charge in [-0.05, 0) is 18.9 Å². The molecule has 0 radical (unpaired) electrons. The molecule has 0 spiro atoms. The third kappa shape index (κ3) is 6.21. The van der Waals surface area contributed by atoms with E-state index in [-0.39, 0.29) is 5.92 Å². The van der Waals surface area contributed by atoms with Gasteiger partial charge in [-0.2, -0.15) is 0 Å². The van der Waals surface area contributed by atoms with E-state index in [9.17, 15) is 9.59 Å². The molecule has 1 heterocycles. The van der Waals surface area contributed by atoms with E-state index in [1.165, 1.54) is 0 Å². The lowest BCUT2D eigenvalue weighted by molar-refractivity contribution is -0.140. The molecule has 0 aromatic carbocycles. The third-order valence-electron chi connectivity index (χ3n) is 3.26. The molecule has 0 bridgehead atoms. The molecule has 1 aliphatic rings. The number of nitrogens with zero attached hydrogens (tertiary/aromatic N) is 1. The van der Waals surface area contributed by atoms with Crippen LogP contribution < -0.4 is 10.6 Å². The van der Waals surface area contributed by atoms with Crippen LogP contribution in [0.2, 0.25) is 0 Å². The second-order valence-corrected chi connectivity index (χ2v) is 5.27. The summed E-state index contributed by atoms with van der Waals surface area (Å²) in [5.74, 6) is -1.16. The summed E-state index contributed by atoms with van der Waals surface area (Å²) in [6.07, 6.45) is 0.840. The second-order valence-electron chi connectivity index (χ2n) is 5.27. The molecule has 0 aromatic rings. The molecule has 7 nitrogen and oxygen atoms in total. The molecule has 1 rings (SSSR count). The Morgan fingerprint density at radius 2 is 1.95 bits per heavy atom. The number of rotatable bonds is 7. The van der Waals surface area contributed by atoms with E-state index in [4.69, 9.17) is 9.84 Å². The van der Waals surface area contributed by atoms with Crippen molar-refractivity contribution < 1.29 is 19.4 Å². The predicted molar refractivity (Wildman–Crippen MR) is 74.7 cm³/mol. The first-order valence-corrected chi connectivity index (χ1v) is 7.08. The van der Waals surface area contributed by atoms with Crippen LogP contribution in [0.1, 0.15) is 20.3 Å². The zero-order valence-electron chi connectivity index (χ0n) is 12.2. The fraction of sp³-hybridized carbons (Fsp3) is 0.846. The molecule has 1 saturated heterocycles. The number of hydrogen-bond donors (Lipinski definition) is 3. The van der Waals surface area contributed by atoms with Gasteiger partial charge in [0.1, 0.15) is 6.04 Å². The number of amides is 2. The van der Waals surface area contributed by atoms with Gasteiger partial charge in [0.15, 0.2) is 0 Å². The number of nitrogens with one attached hydrogen (secondary N) is 2. The van der Waals surface area contributed by atoms with Crippen molar-refractivity contribution in [1.29, 1.82) is 0 Å². The number of hydrogen-bond acceptors (Lipinski definition) is 4. The molecule has 0 aromatic heterocycles. The summed E-state index contributed by atoms with van der Waals surface area (Å²) in [7, 11) is 0. The van der Waals surface area contributed by atoms with E-state index in [2.05, 4.69) is 15.5 Å². The van der Waals surface area contributed by atoms with Gasteiger partial charge in [-0.1, -0.05) is 13.8 Å². The normalized spacial score (nSPS) is 17.8. The molecule has 0 unspecified atom stereocenters. The Morgan fingerprint density at radius 1 is 1.30 bits per heavy atom. The van der Waals surface area contributed by atoms with Gasteiger partial charge < -0.3 is 20.5 Å². The minimum Gasteiger partial charge on any atom is -0.480 e. The lowest BCUT2D eigenvalue weighted by atomic mass is 10.1. The lowest BCUT2D eigenvalue weighted by Crippen LogP contribution is -2.49. The van der Waals surface area contributed by atoms with Gasteiger partial charge in [0.05, 0.1) is 13.2 Å². The van der Waals surface area contributed by atoms with Crippen LogP contribution in [0, 0.1) is 5.92 Å². The van der Waals surface area contributed by atoms with Crippen LogP contribution in [0.15, 0.2) is 0 Å². The van der Waals surface area contributed by atoms with Crippen molar-refractivity contribution in [3.05, 3.63) is 0 Å². The van der Waals surface area contributed by atoms with Crippen molar-refractivity contribution >= 4 is 12.0 Å². The van der Waals surface area contributed by atoms with E-state index >= 15 is 0 Å². The monoisotopic (exact) mass is 287 g/mol. The smallest absolute Gasteiger partial charge is 0.326 e. The average molecular weight is 287 g/mol. The molecule has 2 amide bonds. The minimum atomic E-state index is -1.01. The summed E-state index contributed by atoms with van der Waals surface area (Å²) in [6.45, 7) is 8.37. The van der Waals surface area contributed by atoms with E-state index in [0.29, 0.717) is 6.54 Å². The third-order valence-corrected chi connectivity index (χ3v) is 3.26. The molecule has 0 aliphatic carbocycles. The Hall–Kier alpha value is -1.34. The molecule has 1 fully saturated rings. The van der Waals surface area contributed by atoms with Gasteiger partial charge in [0.2, 0.25) is 0 Å². The maximum Gasteiger partial charge on any atom is 0.326 e. The van der Waals surface area contributed by atoms with Crippen LogP contribution in [-0.2, 0) is 9.53 Å². The SMILES string of the molecule is CC(C)[C@@H](NC(=O)NCCCN1CCOCC1)C(=O)O. The van der Waals surface area contributed by atoms with Gasteiger partial charge in [-0.25, -0.2) is 9.59 Å². The first-order valence-electron chi connectivity index (χ1n) is 7.08. The van der Waals surface area contributed by atoms with Crippen molar-refractivity contribution in [2.45, 2.75) is 26.3 Å². The van der Waals surface area contributed by atoms with Crippen molar-refractivity contribution in [3.63, 3.8) is 0 Å². The number of urea groups is 1. The Bertz CT molecular complexity index is 317. The number of morpholine rings is 1. The molecule has 1 aliphatic heterocycles. The summed E-state index contributed by atoms with van der Waals surface area (Å²) in [6, 6.07) is -1.28. The first-order chi connectivity index (χ1) is 9.50. The highest BCUT2D eigenvalue weighted by atomic mass is 16.5. The minimum absolute atomic E-state index is 0.147. The molecule has 1 atom stereocenters. The number of ether oxygens (including phenoxy) is 1. The summed E-state index contributed by atoms with van der Waals surface area (Å²) in [5, 5.41) is 14.1. The first kappa shape index (κ1) is 16.7. The number of aliphatic carboxylic acids is 1. The maximum atomic E-state index is 11.6. The maximum absolute atomic E-state index is 11.6. The molecule has 116 valence electrons. The van der Waals surface area contributed by atoms with Crippen molar-refractivity contribution in [1.82, 2.24) is 15.5 Å². The molecule has 7 heteroatoms. The zero-order chi connectivity index (χ0) is 15.0. The highest BCUT2D eigenvalue weighted by molar-refractivity contribution is 5.82. The molecular formula is C13H25N3O4. The van der Waals surface area contributed by atoms with Crippen LogP contribution >= 0.6 is 0 Å². The standard InChI is InChI=1S/C13H25N3O4/c1-10(2)11(12(17)18)15-13(19)14-4-3-5-16-6-8-20-9-7-16/h10-11H,3-9H2,1-2H3,(H,17,18)(H2,14,15,19)/t11-/m1/s1. The Kier molecular flexibility index (Phi) is 7.32. The van der Waals surface area contributed by atoms with Crippen LogP contribution in [0.3, 0.4) is 0 Å². The Labute approximate surface area is 119 Å². The lowest BCUT2D eigenvalue weighted by Gasteiger charge is -2.26. The van der Waals surface area contributed by atoms with Gasteiger partial charge in [0.25, 0.3) is 0 Å². The molecular weight excluding hydrogens is 262 g/mol. The Balaban J connectivity index is 2.14. The van der Waals surface area contributed by atoms with E-state index in [1.807, 2.05) is 0 Å². The number of carboxylic acids is 1. The van der Waals surface area contributed by atoms with Crippen LogP contribution in [0.5, 0.6) is 0 Å². The summed E-state index contributed by atoms with van der Waals surface area (Å²) < 4.78 is 5.26. The Morgan fingerprint density at radius 3 is 2.50 bits per heavy atom. The number of carbonyl (C=O) groups excluding carboxylic acids is 1. The average Bonchev–Trinajstić information content (AvgIpc) is 2.41. The highest BCUT2D eigenvalue weighted by Gasteiger charge is 2.23. The summed E-state index contributed by atoms with van der Waals surface area (Å²) in [5.41, 5.74) is 0. The summed E-state index contributed by atoms with van der Waals surface area (Å²) in [4.78, 5) is 24.8. The summed E-state index contributed by atoms with van der Waals surface area (Å²) >= 11 is 0. The van der Waals surface area contributed by atoms with Crippen LogP contribution in [0.25, 0.3) is 0 Å². The van der Waals surface area contributed by atoms with Gasteiger partial charge in [-0.15, -0.1) is 0 Å². The van der Waals surface area contributed by atoms with Crippen LogP contribution in [0.4, 0.5) is 4.79 Å². The molecule has 0 saturated carbocycles. The number of carbonyl (C=O) groups is 2. The van der Waals surface area contributed by atoms with Gasteiger partial charge in [0, 0.05) is 19.6 Å². The quantitative estimate of drug-likeness (QED) is 0.578. The molecule has 20 heavy (non-hydrogen) atoms. The fourth-order valence-electron chi connectivity index (χ4n) is 2.04. The van der Waals surface area contributed by atoms with E-state index < -0.39 is 18.0 Å². The topological polar surface area (TPSA) is 90.9 Å². The fourth-order valence-corrected chi connectivity index (χ4v) is 2.04. The predicted octanol–water partition coefficient (Wildman–Crippen LogP) is 0.117. The van der Waals surface area contributed by atoms with E-state index in [1.54, 1.807) is 13.8 Å². The van der Waals surface area contributed by atoms with Crippen molar-refractivity contribution in [3.8, 4) is 0 Å². The van der Waals surface area contributed by atoms with Crippen molar-refractivity contribution in [2.24, 2.45) is 5.92 Å². The van der Waals surface area contributed by atoms with Gasteiger partial charge >= 0.3 is 12.0 Å². The van der Waals surface area contributed by atoms with Gasteiger partial charge in [-0.3, -0.25) is 4.90 Å². The second kappa shape index (κ2) is 8.76. The largest absolute Gasteiger partial charge is 0.480 e. The highest BCUT2D eigenvalue weighted by Crippen LogP contribution is 2.01. The van der Waals surface area contributed by atoms with Crippen LogP contribution in [-0.4, -0.2) is 67.4 Å². The zero-order valence-corrected chi connectivity index (χ0v) is 12.2. The van der Waals surface area contributed by atoms with Crippen molar-refractivity contribution in [2.75, 3.05) is 39.4 Å².